The number of thiophene rings is 1. The highest BCUT2D eigenvalue weighted by Crippen LogP contribution is 2.27. The first-order chi connectivity index (χ1) is 9.06. The largest absolute Gasteiger partial charge is 0.369 e. The number of hydrogen-bond acceptors (Lipinski definition) is 3. The molecule has 0 fully saturated rings. The molecule has 2 nitrogen and oxygen atoms in total. The summed E-state index contributed by atoms with van der Waals surface area (Å²) in [5.41, 5.74) is 8.33. The number of nitrogens with zero attached hydrogens (tertiary/aromatic N) is 1. The Bertz CT molecular complexity index is 523. The Kier molecular flexibility index (Phi) is 4.86. The van der Waals surface area contributed by atoms with Crippen molar-refractivity contribution >= 4 is 28.6 Å². The van der Waals surface area contributed by atoms with Crippen molar-refractivity contribution in [2.45, 2.75) is 25.9 Å². The van der Waals surface area contributed by atoms with Gasteiger partial charge in [-0.1, -0.05) is 23.7 Å². The highest BCUT2D eigenvalue weighted by Gasteiger charge is 2.11. The first-order valence-corrected chi connectivity index (χ1v) is 7.59. The van der Waals surface area contributed by atoms with Crippen LogP contribution in [-0.4, -0.2) is 13.1 Å². The maximum Gasteiger partial charge on any atom is 0.0519 e. The SMILES string of the molecule is CC(N)Cc1ccc(Cl)cc1N(C)Cc1cccs1. The van der Waals surface area contributed by atoms with E-state index in [4.69, 9.17) is 17.3 Å². The van der Waals surface area contributed by atoms with Crippen LogP contribution < -0.4 is 10.6 Å². The van der Waals surface area contributed by atoms with Gasteiger partial charge in [-0.15, -0.1) is 11.3 Å². The molecule has 0 aliphatic heterocycles. The molecule has 102 valence electrons. The third-order valence-corrected chi connectivity index (χ3v) is 4.07. The van der Waals surface area contributed by atoms with Gasteiger partial charge in [0.05, 0.1) is 6.54 Å². The minimum atomic E-state index is 0.148. The molecule has 1 aromatic heterocycles. The lowest BCUT2D eigenvalue weighted by Gasteiger charge is -2.23. The Morgan fingerprint density at radius 3 is 2.79 bits per heavy atom. The van der Waals surface area contributed by atoms with E-state index in [1.807, 2.05) is 19.1 Å². The van der Waals surface area contributed by atoms with Crippen LogP contribution in [-0.2, 0) is 13.0 Å². The van der Waals surface area contributed by atoms with Crippen molar-refractivity contribution in [3.63, 3.8) is 0 Å². The fourth-order valence-electron chi connectivity index (χ4n) is 2.13. The zero-order valence-electron chi connectivity index (χ0n) is 11.3. The van der Waals surface area contributed by atoms with Gasteiger partial charge in [0, 0.05) is 28.7 Å². The molecule has 0 bridgehead atoms. The quantitative estimate of drug-likeness (QED) is 0.905. The third-order valence-electron chi connectivity index (χ3n) is 2.97. The van der Waals surface area contributed by atoms with Crippen molar-refractivity contribution in [1.29, 1.82) is 0 Å². The molecule has 1 heterocycles. The molecular weight excluding hydrogens is 276 g/mol. The van der Waals surface area contributed by atoms with Crippen LogP contribution in [0.3, 0.4) is 0 Å². The van der Waals surface area contributed by atoms with Gasteiger partial charge in [-0.2, -0.15) is 0 Å². The first kappa shape index (κ1) is 14.4. The van der Waals surface area contributed by atoms with Crippen LogP contribution in [0.1, 0.15) is 17.4 Å². The summed E-state index contributed by atoms with van der Waals surface area (Å²) < 4.78 is 0. The minimum absolute atomic E-state index is 0.148. The summed E-state index contributed by atoms with van der Waals surface area (Å²) in [6.07, 6.45) is 0.862. The van der Waals surface area contributed by atoms with E-state index in [9.17, 15) is 0 Å². The fraction of sp³-hybridized carbons (Fsp3) is 0.333. The van der Waals surface area contributed by atoms with Crippen molar-refractivity contribution in [3.05, 3.63) is 51.2 Å². The molecule has 0 saturated carbocycles. The molecular formula is C15H19ClN2S. The average Bonchev–Trinajstić information content (AvgIpc) is 2.83. The van der Waals surface area contributed by atoms with Gasteiger partial charge in [0.15, 0.2) is 0 Å². The predicted molar refractivity (Wildman–Crippen MR) is 85.2 cm³/mol. The van der Waals surface area contributed by atoms with E-state index in [0.29, 0.717) is 0 Å². The molecule has 0 amide bonds. The summed E-state index contributed by atoms with van der Waals surface area (Å²) in [7, 11) is 2.09. The molecule has 4 heteroatoms. The maximum absolute atomic E-state index is 6.12. The van der Waals surface area contributed by atoms with E-state index in [1.165, 1.54) is 16.1 Å². The molecule has 2 aromatic rings. The van der Waals surface area contributed by atoms with Crippen LogP contribution >= 0.6 is 22.9 Å². The molecule has 2 N–H and O–H groups in total. The molecule has 0 aliphatic carbocycles. The highest BCUT2D eigenvalue weighted by molar-refractivity contribution is 7.09. The molecule has 1 aromatic carbocycles. The number of benzene rings is 1. The summed E-state index contributed by atoms with van der Waals surface area (Å²) in [6.45, 7) is 2.92. The van der Waals surface area contributed by atoms with Crippen molar-refractivity contribution < 1.29 is 0 Å². The molecule has 1 unspecified atom stereocenters. The first-order valence-electron chi connectivity index (χ1n) is 6.34. The van der Waals surface area contributed by atoms with Gasteiger partial charge >= 0.3 is 0 Å². The van der Waals surface area contributed by atoms with Crippen LogP contribution in [0.25, 0.3) is 0 Å². The van der Waals surface area contributed by atoms with Gasteiger partial charge in [0.2, 0.25) is 0 Å². The normalized spacial score (nSPS) is 12.4. The van der Waals surface area contributed by atoms with E-state index in [1.54, 1.807) is 11.3 Å². The number of anilines is 1. The number of halogens is 1. The second-order valence-electron chi connectivity index (χ2n) is 4.89. The summed E-state index contributed by atoms with van der Waals surface area (Å²) in [6, 6.07) is 10.4. The van der Waals surface area contributed by atoms with E-state index in [0.717, 1.165) is 18.0 Å². The predicted octanol–water partition coefficient (Wildman–Crippen LogP) is 3.93. The van der Waals surface area contributed by atoms with Crippen LogP contribution in [0.15, 0.2) is 35.7 Å². The summed E-state index contributed by atoms with van der Waals surface area (Å²) in [5.74, 6) is 0. The standard InChI is InChI=1S/C15H19ClN2S/c1-11(17)8-12-5-6-13(16)9-15(12)18(2)10-14-4-3-7-19-14/h3-7,9,11H,8,10,17H2,1-2H3. The second-order valence-corrected chi connectivity index (χ2v) is 6.36. The Morgan fingerprint density at radius 2 is 2.16 bits per heavy atom. The zero-order chi connectivity index (χ0) is 13.8. The third kappa shape index (κ3) is 3.96. The van der Waals surface area contributed by atoms with Gasteiger partial charge in [-0.25, -0.2) is 0 Å². The van der Waals surface area contributed by atoms with Gasteiger partial charge in [0.1, 0.15) is 0 Å². The van der Waals surface area contributed by atoms with Crippen LogP contribution in [0.5, 0.6) is 0 Å². The lowest BCUT2D eigenvalue weighted by molar-refractivity contribution is 0.734. The minimum Gasteiger partial charge on any atom is -0.369 e. The smallest absolute Gasteiger partial charge is 0.0519 e. The number of nitrogens with two attached hydrogens (primary N) is 1. The maximum atomic E-state index is 6.12. The summed E-state index contributed by atoms with van der Waals surface area (Å²) in [4.78, 5) is 3.57. The summed E-state index contributed by atoms with van der Waals surface area (Å²) >= 11 is 7.89. The lowest BCUT2D eigenvalue weighted by Crippen LogP contribution is -2.22. The van der Waals surface area contributed by atoms with Gasteiger partial charge in [-0.3, -0.25) is 0 Å². The van der Waals surface area contributed by atoms with Crippen LogP contribution in [0, 0.1) is 0 Å². The second kappa shape index (κ2) is 6.42. The Balaban J connectivity index is 2.23. The van der Waals surface area contributed by atoms with E-state index >= 15 is 0 Å². The number of rotatable bonds is 5. The van der Waals surface area contributed by atoms with E-state index in [2.05, 4.69) is 35.5 Å². The molecule has 0 saturated heterocycles. The van der Waals surface area contributed by atoms with Crippen LogP contribution in [0.4, 0.5) is 5.69 Å². The Morgan fingerprint density at radius 1 is 1.37 bits per heavy atom. The average molecular weight is 295 g/mol. The summed E-state index contributed by atoms with van der Waals surface area (Å²) in [5, 5.41) is 2.87. The Labute approximate surface area is 123 Å². The van der Waals surface area contributed by atoms with Gasteiger partial charge < -0.3 is 10.6 Å². The van der Waals surface area contributed by atoms with Crippen molar-refractivity contribution in [1.82, 2.24) is 0 Å². The molecule has 1 atom stereocenters. The molecule has 2 rings (SSSR count). The molecule has 0 aliphatic rings. The number of hydrogen-bond donors (Lipinski definition) is 1. The van der Waals surface area contributed by atoms with Crippen molar-refractivity contribution in [2.75, 3.05) is 11.9 Å². The molecule has 19 heavy (non-hydrogen) atoms. The van der Waals surface area contributed by atoms with Gasteiger partial charge in [0.25, 0.3) is 0 Å². The fourth-order valence-corrected chi connectivity index (χ4v) is 3.06. The van der Waals surface area contributed by atoms with Crippen molar-refractivity contribution in [2.24, 2.45) is 5.73 Å². The van der Waals surface area contributed by atoms with Gasteiger partial charge in [-0.05, 0) is 42.5 Å². The zero-order valence-corrected chi connectivity index (χ0v) is 12.8. The molecule has 0 radical (unpaired) electrons. The monoisotopic (exact) mass is 294 g/mol. The Hall–Kier alpha value is -1.03. The van der Waals surface area contributed by atoms with E-state index < -0.39 is 0 Å². The molecule has 0 spiro atoms. The lowest BCUT2D eigenvalue weighted by atomic mass is 10.0. The van der Waals surface area contributed by atoms with Crippen LogP contribution in [0.2, 0.25) is 5.02 Å². The van der Waals surface area contributed by atoms with E-state index in [-0.39, 0.29) is 6.04 Å². The van der Waals surface area contributed by atoms with Crippen molar-refractivity contribution in [3.8, 4) is 0 Å². The highest BCUT2D eigenvalue weighted by atomic mass is 35.5. The topological polar surface area (TPSA) is 29.3 Å².